The first-order valence-electron chi connectivity index (χ1n) is 6.69. The van der Waals surface area contributed by atoms with Crippen LogP contribution in [0.15, 0.2) is 47.0 Å². The number of nitro benzene ring substituents is 1. The van der Waals surface area contributed by atoms with Crippen LogP contribution in [0.3, 0.4) is 0 Å². The van der Waals surface area contributed by atoms with Crippen molar-refractivity contribution in [3.63, 3.8) is 0 Å². The van der Waals surface area contributed by atoms with E-state index in [9.17, 15) is 10.1 Å². The highest BCUT2D eigenvalue weighted by atomic mass is 35.5. The molecule has 0 amide bonds. The number of rotatable bonds is 5. The van der Waals surface area contributed by atoms with Gasteiger partial charge in [-0.3, -0.25) is 10.1 Å². The van der Waals surface area contributed by atoms with Crippen molar-refractivity contribution in [3.05, 3.63) is 68.5 Å². The summed E-state index contributed by atoms with van der Waals surface area (Å²) in [4.78, 5) is 14.6. The fourth-order valence-electron chi connectivity index (χ4n) is 1.96. The lowest BCUT2D eigenvalue weighted by atomic mass is 10.2. The molecule has 0 saturated heterocycles. The molecular formula is C15H9Cl2N3O4. The zero-order chi connectivity index (χ0) is 17.1. The van der Waals surface area contributed by atoms with Gasteiger partial charge in [0.25, 0.3) is 5.89 Å². The molecule has 0 aliphatic carbocycles. The SMILES string of the molecule is O=[N+]([O-])c1cc(Cl)ccc1OCc1nc(-c2ccccc2Cl)no1. The van der Waals surface area contributed by atoms with Crippen LogP contribution in [0.4, 0.5) is 5.69 Å². The molecule has 0 fully saturated rings. The summed E-state index contributed by atoms with van der Waals surface area (Å²) in [5.41, 5.74) is 0.375. The summed E-state index contributed by atoms with van der Waals surface area (Å²) in [6.45, 7) is -0.125. The highest BCUT2D eigenvalue weighted by molar-refractivity contribution is 6.33. The lowest BCUT2D eigenvalue weighted by Crippen LogP contribution is -1.99. The second-order valence-electron chi connectivity index (χ2n) is 4.65. The minimum absolute atomic E-state index is 0.0573. The van der Waals surface area contributed by atoms with E-state index in [1.165, 1.54) is 18.2 Å². The van der Waals surface area contributed by atoms with Crippen LogP contribution in [-0.4, -0.2) is 15.1 Å². The fraction of sp³-hybridized carbons (Fsp3) is 0.0667. The lowest BCUT2D eigenvalue weighted by molar-refractivity contribution is -0.385. The van der Waals surface area contributed by atoms with Crippen molar-refractivity contribution in [2.24, 2.45) is 0 Å². The van der Waals surface area contributed by atoms with Crippen LogP contribution in [0.5, 0.6) is 5.75 Å². The van der Waals surface area contributed by atoms with E-state index < -0.39 is 4.92 Å². The predicted octanol–water partition coefficient (Wildman–Crippen LogP) is 4.53. The molecule has 1 aromatic heterocycles. The van der Waals surface area contributed by atoms with Crippen LogP contribution in [0, 0.1) is 10.1 Å². The summed E-state index contributed by atoms with van der Waals surface area (Å²) < 4.78 is 10.5. The molecule has 122 valence electrons. The van der Waals surface area contributed by atoms with Gasteiger partial charge in [0.1, 0.15) is 0 Å². The molecule has 7 nitrogen and oxygen atoms in total. The predicted molar refractivity (Wildman–Crippen MR) is 87.2 cm³/mol. The van der Waals surface area contributed by atoms with Crippen LogP contribution in [0.1, 0.15) is 5.89 Å². The molecule has 0 N–H and O–H groups in total. The second-order valence-corrected chi connectivity index (χ2v) is 5.49. The topological polar surface area (TPSA) is 91.3 Å². The quantitative estimate of drug-likeness (QED) is 0.487. The van der Waals surface area contributed by atoms with Gasteiger partial charge in [-0.15, -0.1) is 0 Å². The number of benzene rings is 2. The Labute approximate surface area is 145 Å². The summed E-state index contributed by atoms with van der Waals surface area (Å²) in [5, 5.41) is 15.6. The minimum Gasteiger partial charge on any atom is -0.477 e. The Kier molecular flexibility index (Phi) is 4.64. The first-order chi connectivity index (χ1) is 11.5. The average molecular weight is 366 g/mol. The molecular weight excluding hydrogens is 357 g/mol. The van der Waals surface area contributed by atoms with Crippen LogP contribution >= 0.6 is 23.2 Å². The van der Waals surface area contributed by atoms with E-state index in [1.54, 1.807) is 24.3 Å². The summed E-state index contributed by atoms with van der Waals surface area (Å²) in [7, 11) is 0. The highest BCUT2D eigenvalue weighted by Gasteiger charge is 2.17. The lowest BCUT2D eigenvalue weighted by Gasteiger charge is -2.04. The summed E-state index contributed by atoms with van der Waals surface area (Å²) in [6.07, 6.45) is 0. The Morgan fingerprint density at radius 3 is 2.75 bits per heavy atom. The number of nitrogens with zero attached hydrogens (tertiary/aromatic N) is 3. The summed E-state index contributed by atoms with van der Waals surface area (Å²) in [6, 6.07) is 11.2. The van der Waals surface area contributed by atoms with Crippen molar-refractivity contribution < 1.29 is 14.2 Å². The van der Waals surface area contributed by atoms with Crippen LogP contribution in [0.25, 0.3) is 11.4 Å². The van der Waals surface area contributed by atoms with Gasteiger partial charge in [0.15, 0.2) is 12.4 Å². The number of halogens is 2. The molecule has 0 radical (unpaired) electrons. The van der Waals surface area contributed by atoms with E-state index in [-0.39, 0.29) is 29.0 Å². The van der Waals surface area contributed by atoms with Gasteiger partial charge in [-0.25, -0.2) is 0 Å². The number of hydrogen-bond acceptors (Lipinski definition) is 6. The third-order valence-corrected chi connectivity index (χ3v) is 3.62. The van der Waals surface area contributed by atoms with E-state index in [0.717, 1.165) is 0 Å². The third-order valence-electron chi connectivity index (χ3n) is 3.05. The van der Waals surface area contributed by atoms with Crippen molar-refractivity contribution >= 4 is 28.9 Å². The molecule has 3 rings (SSSR count). The van der Waals surface area contributed by atoms with Gasteiger partial charge in [0, 0.05) is 16.7 Å². The van der Waals surface area contributed by atoms with Crippen molar-refractivity contribution in [1.29, 1.82) is 0 Å². The van der Waals surface area contributed by atoms with Crippen LogP contribution in [0.2, 0.25) is 10.0 Å². The first kappa shape index (κ1) is 16.2. The Morgan fingerprint density at radius 1 is 1.21 bits per heavy atom. The molecule has 2 aromatic carbocycles. The van der Waals surface area contributed by atoms with Crippen molar-refractivity contribution in [2.45, 2.75) is 6.61 Å². The largest absolute Gasteiger partial charge is 0.477 e. The molecule has 24 heavy (non-hydrogen) atoms. The van der Waals surface area contributed by atoms with E-state index in [1.807, 2.05) is 0 Å². The number of nitro groups is 1. The maximum atomic E-state index is 11.0. The number of ether oxygens (including phenoxy) is 1. The normalized spacial score (nSPS) is 10.6. The summed E-state index contributed by atoms with van der Waals surface area (Å²) in [5.74, 6) is 0.529. The molecule has 3 aromatic rings. The van der Waals surface area contributed by atoms with Gasteiger partial charge in [0.05, 0.1) is 9.95 Å². The van der Waals surface area contributed by atoms with Gasteiger partial charge in [-0.05, 0) is 24.3 Å². The Bertz CT molecular complexity index is 898. The number of hydrogen-bond donors (Lipinski definition) is 0. The standard InChI is InChI=1S/C15H9Cl2N3O4/c16-9-5-6-13(12(7-9)20(21)22)23-8-14-18-15(19-24-14)10-3-1-2-4-11(10)17/h1-7H,8H2. The van der Waals surface area contributed by atoms with Gasteiger partial charge in [-0.1, -0.05) is 40.5 Å². The van der Waals surface area contributed by atoms with E-state index in [4.69, 9.17) is 32.5 Å². The minimum atomic E-state index is -0.579. The fourth-order valence-corrected chi connectivity index (χ4v) is 2.35. The zero-order valence-electron chi connectivity index (χ0n) is 12.0. The van der Waals surface area contributed by atoms with Crippen LogP contribution < -0.4 is 4.74 Å². The Balaban J connectivity index is 1.77. The van der Waals surface area contributed by atoms with Gasteiger partial charge in [0.2, 0.25) is 5.82 Å². The molecule has 0 aliphatic heterocycles. The average Bonchev–Trinajstić information content (AvgIpc) is 3.02. The summed E-state index contributed by atoms with van der Waals surface area (Å²) >= 11 is 11.8. The van der Waals surface area contributed by atoms with Crippen molar-refractivity contribution in [3.8, 4) is 17.1 Å². The van der Waals surface area contributed by atoms with Crippen molar-refractivity contribution in [1.82, 2.24) is 10.1 Å². The number of aromatic nitrogens is 2. The monoisotopic (exact) mass is 365 g/mol. The highest BCUT2D eigenvalue weighted by Crippen LogP contribution is 2.31. The molecule has 0 atom stereocenters. The van der Waals surface area contributed by atoms with E-state index in [0.29, 0.717) is 16.4 Å². The molecule has 0 aliphatic rings. The van der Waals surface area contributed by atoms with Gasteiger partial charge < -0.3 is 9.26 Å². The van der Waals surface area contributed by atoms with E-state index in [2.05, 4.69) is 10.1 Å². The Morgan fingerprint density at radius 2 is 2.00 bits per heavy atom. The first-order valence-corrected chi connectivity index (χ1v) is 7.44. The molecule has 0 bridgehead atoms. The van der Waals surface area contributed by atoms with Crippen molar-refractivity contribution in [2.75, 3.05) is 0 Å². The third kappa shape index (κ3) is 3.47. The van der Waals surface area contributed by atoms with E-state index >= 15 is 0 Å². The maximum Gasteiger partial charge on any atom is 0.312 e. The molecule has 1 heterocycles. The molecule has 0 spiro atoms. The maximum absolute atomic E-state index is 11.0. The second kappa shape index (κ2) is 6.86. The zero-order valence-corrected chi connectivity index (χ0v) is 13.5. The van der Waals surface area contributed by atoms with Gasteiger partial charge >= 0.3 is 5.69 Å². The Hall–Kier alpha value is -2.64. The smallest absolute Gasteiger partial charge is 0.312 e. The molecule has 0 unspecified atom stereocenters. The van der Waals surface area contributed by atoms with Gasteiger partial charge in [-0.2, -0.15) is 4.98 Å². The molecule has 9 heteroatoms. The molecule has 0 saturated carbocycles. The van der Waals surface area contributed by atoms with Crippen LogP contribution in [-0.2, 0) is 6.61 Å².